The van der Waals surface area contributed by atoms with Crippen molar-refractivity contribution in [3.8, 4) is 0 Å². The van der Waals surface area contributed by atoms with Crippen molar-refractivity contribution in [2.24, 2.45) is 0 Å². The zero-order valence-corrected chi connectivity index (χ0v) is 10.8. The maximum absolute atomic E-state index is 12.5. The molecule has 0 unspecified atom stereocenters. The van der Waals surface area contributed by atoms with Gasteiger partial charge in [-0.2, -0.15) is 18.3 Å². The van der Waals surface area contributed by atoms with Crippen LogP contribution in [0.4, 0.5) is 13.2 Å². The van der Waals surface area contributed by atoms with Gasteiger partial charge in [-0.05, 0) is 29.8 Å². The molecule has 7 heteroatoms. The number of H-pyrrole nitrogens is 1. The van der Waals surface area contributed by atoms with Crippen molar-refractivity contribution in [3.05, 3.63) is 59.4 Å². The van der Waals surface area contributed by atoms with E-state index in [0.717, 1.165) is 17.8 Å². The minimum atomic E-state index is -4.40. The molecule has 1 amide bonds. The summed E-state index contributed by atoms with van der Waals surface area (Å²) in [4.78, 5) is 11.5. The number of halogens is 3. The van der Waals surface area contributed by atoms with Crippen molar-refractivity contribution in [3.63, 3.8) is 0 Å². The van der Waals surface area contributed by atoms with Gasteiger partial charge in [-0.1, -0.05) is 12.1 Å². The summed E-state index contributed by atoms with van der Waals surface area (Å²) in [5.41, 5.74) is 0.292. The average Bonchev–Trinajstić information content (AvgIpc) is 2.95. The second-order valence-corrected chi connectivity index (χ2v) is 4.26. The van der Waals surface area contributed by atoms with E-state index >= 15 is 0 Å². The van der Waals surface area contributed by atoms with E-state index in [9.17, 15) is 18.0 Å². The largest absolute Gasteiger partial charge is 0.416 e. The fourth-order valence-electron chi connectivity index (χ4n) is 1.61. The number of benzene rings is 1. The summed E-state index contributed by atoms with van der Waals surface area (Å²) >= 11 is 0. The van der Waals surface area contributed by atoms with Crippen molar-refractivity contribution < 1.29 is 18.0 Å². The van der Waals surface area contributed by atoms with Crippen LogP contribution in [0.3, 0.4) is 0 Å². The van der Waals surface area contributed by atoms with Crippen LogP contribution < -0.4 is 5.32 Å². The highest BCUT2D eigenvalue weighted by Crippen LogP contribution is 2.29. The number of alkyl halides is 3. The minimum absolute atomic E-state index is 0.270. The summed E-state index contributed by atoms with van der Waals surface area (Å²) in [5, 5.41) is 8.98. The molecule has 0 radical (unpaired) electrons. The number of carbonyl (C=O) groups is 1. The number of aromatic amines is 1. The first kappa shape index (κ1) is 14.8. The molecule has 0 atom stereocenters. The van der Waals surface area contributed by atoms with Crippen molar-refractivity contribution >= 4 is 12.0 Å². The highest BCUT2D eigenvalue weighted by molar-refractivity contribution is 5.91. The van der Waals surface area contributed by atoms with Gasteiger partial charge >= 0.3 is 6.18 Å². The third-order valence-corrected chi connectivity index (χ3v) is 2.65. The van der Waals surface area contributed by atoms with E-state index in [4.69, 9.17) is 0 Å². The Labute approximate surface area is 118 Å². The highest BCUT2D eigenvalue weighted by atomic mass is 19.4. The second kappa shape index (κ2) is 6.25. The number of aromatic nitrogens is 2. The molecular formula is C14H12F3N3O. The molecule has 0 spiro atoms. The predicted octanol–water partition coefficient (Wildman–Crippen LogP) is 2.76. The zero-order chi connectivity index (χ0) is 15.3. The van der Waals surface area contributed by atoms with Gasteiger partial charge < -0.3 is 5.32 Å². The van der Waals surface area contributed by atoms with Crippen LogP contribution >= 0.6 is 0 Å². The molecule has 0 saturated heterocycles. The van der Waals surface area contributed by atoms with Crippen LogP contribution in [0, 0.1) is 0 Å². The Morgan fingerprint density at radius 3 is 2.81 bits per heavy atom. The minimum Gasteiger partial charge on any atom is -0.347 e. The molecule has 1 heterocycles. The van der Waals surface area contributed by atoms with Gasteiger partial charge in [0.1, 0.15) is 0 Å². The van der Waals surface area contributed by atoms with Gasteiger partial charge in [-0.15, -0.1) is 0 Å². The molecule has 0 aliphatic carbocycles. The standard InChI is InChI=1S/C14H12F3N3O/c15-14(16,17)11-3-1-2-10(8-11)4-5-13(21)18-9-12-6-7-19-20-12/h1-8H,9H2,(H,18,21)(H,19,20)/b5-4+. The summed E-state index contributed by atoms with van der Waals surface area (Å²) in [6, 6.07) is 6.46. The van der Waals surface area contributed by atoms with Crippen LogP contribution in [0.25, 0.3) is 6.08 Å². The third-order valence-electron chi connectivity index (χ3n) is 2.65. The molecule has 0 fully saturated rings. The topological polar surface area (TPSA) is 57.8 Å². The maximum Gasteiger partial charge on any atom is 0.416 e. The Morgan fingerprint density at radius 1 is 1.33 bits per heavy atom. The maximum atomic E-state index is 12.5. The smallest absolute Gasteiger partial charge is 0.347 e. The van der Waals surface area contributed by atoms with E-state index in [2.05, 4.69) is 15.5 Å². The van der Waals surface area contributed by atoms with Gasteiger partial charge in [0.2, 0.25) is 5.91 Å². The van der Waals surface area contributed by atoms with Gasteiger partial charge in [0.05, 0.1) is 17.8 Å². The summed E-state index contributed by atoms with van der Waals surface area (Å²) in [5.74, 6) is -0.401. The first-order valence-corrected chi connectivity index (χ1v) is 6.06. The average molecular weight is 295 g/mol. The van der Waals surface area contributed by atoms with Gasteiger partial charge in [0.25, 0.3) is 0 Å². The molecule has 0 aliphatic rings. The predicted molar refractivity (Wildman–Crippen MR) is 70.9 cm³/mol. The Bertz CT molecular complexity index is 633. The number of nitrogens with one attached hydrogen (secondary N) is 2. The van der Waals surface area contributed by atoms with Crippen molar-refractivity contribution in [1.29, 1.82) is 0 Å². The molecule has 0 aliphatic heterocycles. The lowest BCUT2D eigenvalue weighted by Crippen LogP contribution is -2.20. The summed E-state index contributed by atoms with van der Waals surface area (Å²) < 4.78 is 37.6. The summed E-state index contributed by atoms with van der Waals surface area (Å²) in [7, 11) is 0. The Balaban J connectivity index is 1.95. The number of hydrogen-bond acceptors (Lipinski definition) is 2. The van der Waals surface area contributed by atoms with Crippen LogP contribution in [0.1, 0.15) is 16.8 Å². The molecule has 2 N–H and O–H groups in total. The molecule has 2 rings (SSSR count). The monoisotopic (exact) mass is 295 g/mol. The van der Waals surface area contributed by atoms with Gasteiger partial charge in [-0.3, -0.25) is 9.89 Å². The zero-order valence-electron chi connectivity index (χ0n) is 10.8. The van der Waals surface area contributed by atoms with E-state index in [1.54, 1.807) is 12.3 Å². The van der Waals surface area contributed by atoms with Gasteiger partial charge in [0, 0.05) is 12.3 Å². The first-order valence-electron chi connectivity index (χ1n) is 6.06. The quantitative estimate of drug-likeness (QED) is 0.852. The van der Waals surface area contributed by atoms with Crippen LogP contribution in [0.2, 0.25) is 0 Å². The van der Waals surface area contributed by atoms with Crippen LogP contribution in [0.5, 0.6) is 0 Å². The molecule has 2 aromatic rings. The number of carbonyl (C=O) groups excluding carboxylic acids is 1. The SMILES string of the molecule is O=C(/C=C/c1cccc(C(F)(F)F)c1)NCc1ccn[nH]1. The second-order valence-electron chi connectivity index (χ2n) is 4.26. The number of hydrogen-bond donors (Lipinski definition) is 2. The summed E-state index contributed by atoms with van der Waals surface area (Å²) in [6.45, 7) is 0.270. The van der Waals surface area contributed by atoms with Crippen LogP contribution in [-0.2, 0) is 17.5 Å². The molecule has 1 aromatic carbocycles. The lowest BCUT2D eigenvalue weighted by molar-refractivity contribution is -0.137. The Morgan fingerprint density at radius 2 is 2.14 bits per heavy atom. The Kier molecular flexibility index (Phi) is 4.42. The number of amides is 1. The third kappa shape index (κ3) is 4.48. The lowest BCUT2D eigenvalue weighted by atomic mass is 10.1. The van der Waals surface area contributed by atoms with E-state index < -0.39 is 17.6 Å². The van der Waals surface area contributed by atoms with E-state index in [1.165, 1.54) is 24.3 Å². The normalized spacial score (nSPS) is 11.8. The van der Waals surface area contributed by atoms with Crippen LogP contribution in [-0.4, -0.2) is 16.1 Å². The van der Waals surface area contributed by atoms with Gasteiger partial charge in [-0.25, -0.2) is 0 Å². The molecule has 21 heavy (non-hydrogen) atoms. The van der Waals surface area contributed by atoms with E-state index in [-0.39, 0.29) is 6.54 Å². The molecule has 4 nitrogen and oxygen atoms in total. The lowest BCUT2D eigenvalue weighted by Gasteiger charge is -2.06. The molecule has 110 valence electrons. The molecule has 1 aromatic heterocycles. The Hall–Kier alpha value is -2.57. The van der Waals surface area contributed by atoms with E-state index in [0.29, 0.717) is 5.56 Å². The number of nitrogens with zero attached hydrogens (tertiary/aromatic N) is 1. The first-order chi connectivity index (χ1) is 9.95. The molecule has 0 saturated carbocycles. The van der Waals surface area contributed by atoms with Crippen molar-refractivity contribution in [2.45, 2.75) is 12.7 Å². The number of rotatable bonds is 4. The van der Waals surface area contributed by atoms with E-state index in [1.807, 2.05) is 0 Å². The fraction of sp³-hybridized carbons (Fsp3) is 0.143. The van der Waals surface area contributed by atoms with Crippen molar-refractivity contribution in [2.75, 3.05) is 0 Å². The van der Waals surface area contributed by atoms with Crippen molar-refractivity contribution in [1.82, 2.24) is 15.5 Å². The summed E-state index contributed by atoms with van der Waals surface area (Å²) in [6.07, 6.45) is -0.323. The highest BCUT2D eigenvalue weighted by Gasteiger charge is 2.30. The fourth-order valence-corrected chi connectivity index (χ4v) is 1.61. The van der Waals surface area contributed by atoms with Gasteiger partial charge in [0.15, 0.2) is 0 Å². The van der Waals surface area contributed by atoms with Crippen LogP contribution in [0.15, 0.2) is 42.6 Å². The molecule has 0 bridgehead atoms. The molecular weight excluding hydrogens is 283 g/mol.